The Hall–Kier alpha value is -0.610. The zero-order valence-corrected chi connectivity index (χ0v) is 10.8. The van der Waals surface area contributed by atoms with Crippen LogP contribution in [0.15, 0.2) is 0 Å². The number of rotatable bonds is 3. The van der Waals surface area contributed by atoms with Gasteiger partial charge in [0, 0.05) is 17.4 Å². The molecule has 0 aromatic carbocycles. The van der Waals surface area contributed by atoms with Crippen LogP contribution >= 0.6 is 0 Å². The minimum atomic E-state index is -0.290. The molecule has 0 aliphatic heterocycles. The minimum absolute atomic E-state index is 0.0912. The second-order valence-electron chi connectivity index (χ2n) is 6.17. The van der Waals surface area contributed by atoms with Gasteiger partial charge in [-0.15, -0.1) is 0 Å². The van der Waals surface area contributed by atoms with E-state index < -0.39 is 0 Å². The van der Waals surface area contributed by atoms with E-state index in [-0.39, 0.29) is 29.4 Å². The lowest BCUT2D eigenvalue weighted by molar-refractivity contribution is -0.134. The van der Waals surface area contributed by atoms with Gasteiger partial charge in [-0.1, -0.05) is 20.3 Å². The molecule has 0 radical (unpaired) electrons. The number of hydrogen-bond acceptors (Lipinski definition) is 3. The number of hydrogen-bond donors (Lipinski definition) is 3. The van der Waals surface area contributed by atoms with Crippen molar-refractivity contribution in [1.29, 1.82) is 0 Å². The monoisotopic (exact) mass is 240 g/mol. The molecule has 0 aromatic rings. The van der Waals surface area contributed by atoms with E-state index in [9.17, 15) is 9.90 Å². The number of aliphatic hydroxyl groups excluding tert-OH is 1. The molecular weight excluding hydrogens is 216 g/mol. The summed E-state index contributed by atoms with van der Waals surface area (Å²) in [5.41, 5.74) is 5.51. The van der Waals surface area contributed by atoms with Crippen molar-refractivity contribution in [2.24, 2.45) is 23.0 Å². The molecule has 4 N–H and O–H groups in total. The molecule has 17 heavy (non-hydrogen) atoms. The average Bonchev–Trinajstić information content (AvgIpc) is 2.76. The van der Waals surface area contributed by atoms with Crippen molar-refractivity contribution in [2.45, 2.75) is 51.7 Å². The van der Waals surface area contributed by atoms with E-state index in [2.05, 4.69) is 5.32 Å². The lowest BCUT2D eigenvalue weighted by Gasteiger charge is -2.49. The summed E-state index contributed by atoms with van der Waals surface area (Å²) in [6.07, 6.45) is 3.53. The molecule has 2 rings (SSSR count). The first-order chi connectivity index (χ1) is 7.96. The standard InChI is InChI=1S/C13H24N2O2/c1-13(2)10(6-11(13)16)15-12(17)9-5-3-4-8(9)7-14/h8-11,16H,3-7,14H2,1-2H3,(H,15,17). The molecule has 4 atom stereocenters. The molecule has 4 heteroatoms. The van der Waals surface area contributed by atoms with Gasteiger partial charge in [-0.05, 0) is 31.7 Å². The highest BCUT2D eigenvalue weighted by Gasteiger charge is 2.48. The van der Waals surface area contributed by atoms with Crippen molar-refractivity contribution >= 4 is 5.91 Å². The van der Waals surface area contributed by atoms with Crippen molar-refractivity contribution in [3.8, 4) is 0 Å². The first-order valence-electron chi connectivity index (χ1n) is 6.65. The highest BCUT2D eigenvalue weighted by Crippen LogP contribution is 2.41. The molecule has 0 spiro atoms. The van der Waals surface area contributed by atoms with Crippen LogP contribution in [-0.4, -0.2) is 29.7 Å². The molecule has 2 fully saturated rings. The van der Waals surface area contributed by atoms with Crippen LogP contribution in [0.5, 0.6) is 0 Å². The lowest BCUT2D eigenvalue weighted by atomic mass is 9.64. The summed E-state index contributed by atoms with van der Waals surface area (Å²) in [5, 5.41) is 12.7. The SMILES string of the molecule is CC1(C)C(O)CC1NC(=O)C1CCCC1CN. The van der Waals surface area contributed by atoms with Crippen LogP contribution in [-0.2, 0) is 4.79 Å². The number of nitrogens with one attached hydrogen (secondary N) is 1. The maximum absolute atomic E-state index is 12.2. The zero-order chi connectivity index (χ0) is 12.6. The Labute approximate surface area is 103 Å². The maximum Gasteiger partial charge on any atom is 0.223 e. The van der Waals surface area contributed by atoms with E-state index in [1.807, 2.05) is 13.8 Å². The van der Waals surface area contributed by atoms with Gasteiger partial charge >= 0.3 is 0 Å². The molecule has 1 amide bonds. The van der Waals surface area contributed by atoms with Crippen LogP contribution in [0.1, 0.15) is 39.5 Å². The molecule has 98 valence electrons. The van der Waals surface area contributed by atoms with Gasteiger partial charge in [0.2, 0.25) is 5.91 Å². The van der Waals surface area contributed by atoms with E-state index in [0.29, 0.717) is 18.9 Å². The molecule has 2 saturated carbocycles. The predicted octanol–water partition coefficient (Wildman–Crippen LogP) is 0.637. The summed E-state index contributed by atoms with van der Waals surface area (Å²) in [6, 6.07) is 0.115. The Morgan fingerprint density at radius 1 is 1.47 bits per heavy atom. The second kappa shape index (κ2) is 4.58. The fourth-order valence-corrected chi connectivity index (χ4v) is 3.09. The average molecular weight is 240 g/mol. The lowest BCUT2D eigenvalue weighted by Crippen LogP contribution is -2.62. The van der Waals surface area contributed by atoms with Crippen molar-refractivity contribution < 1.29 is 9.90 Å². The number of nitrogens with two attached hydrogens (primary N) is 1. The molecule has 2 aliphatic rings. The Balaban J connectivity index is 1.90. The van der Waals surface area contributed by atoms with Crippen LogP contribution in [0.2, 0.25) is 0 Å². The number of carbonyl (C=O) groups excluding carboxylic acids is 1. The van der Waals surface area contributed by atoms with Crippen LogP contribution in [0.3, 0.4) is 0 Å². The van der Waals surface area contributed by atoms with Crippen LogP contribution < -0.4 is 11.1 Å². The van der Waals surface area contributed by atoms with E-state index >= 15 is 0 Å². The third-order valence-electron chi connectivity index (χ3n) is 4.83. The van der Waals surface area contributed by atoms with Crippen molar-refractivity contribution in [2.75, 3.05) is 6.54 Å². The number of carbonyl (C=O) groups is 1. The molecular formula is C13H24N2O2. The molecule has 2 aliphatic carbocycles. The van der Waals surface area contributed by atoms with Crippen LogP contribution in [0, 0.1) is 17.3 Å². The van der Waals surface area contributed by atoms with Crippen molar-refractivity contribution in [3.63, 3.8) is 0 Å². The summed E-state index contributed by atoms with van der Waals surface area (Å²) in [7, 11) is 0. The first-order valence-corrected chi connectivity index (χ1v) is 6.65. The molecule has 0 heterocycles. The normalized spacial score (nSPS) is 39.8. The third-order valence-corrected chi connectivity index (χ3v) is 4.83. The molecule has 0 bridgehead atoms. The fourth-order valence-electron chi connectivity index (χ4n) is 3.09. The highest BCUT2D eigenvalue weighted by atomic mass is 16.3. The van der Waals surface area contributed by atoms with E-state index in [4.69, 9.17) is 5.73 Å². The second-order valence-corrected chi connectivity index (χ2v) is 6.17. The smallest absolute Gasteiger partial charge is 0.223 e. The van der Waals surface area contributed by atoms with Gasteiger partial charge < -0.3 is 16.2 Å². The largest absolute Gasteiger partial charge is 0.392 e. The van der Waals surface area contributed by atoms with Gasteiger partial charge in [-0.3, -0.25) is 4.79 Å². The highest BCUT2D eigenvalue weighted by molar-refractivity contribution is 5.79. The van der Waals surface area contributed by atoms with Gasteiger partial charge in [0.25, 0.3) is 0 Å². The Bertz CT molecular complexity index is 304. The summed E-state index contributed by atoms with van der Waals surface area (Å²) in [6.45, 7) is 4.61. The van der Waals surface area contributed by atoms with Crippen molar-refractivity contribution in [1.82, 2.24) is 5.32 Å². The fraction of sp³-hybridized carbons (Fsp3) is 0.923. The number of aliphatic hydroxyl groups is 1. The zero-order valence-electron chi connectivity index (χ0n) is 10.8. The van der Waals surface area contributed by atoms with Gasteiger partial charge in [-0.2, -0.15) is 0 Å². The summed E-state index contributed by atoms with van der Waals surface area (Å²) < 4.78 is 0. The summed E-state index contributed by atoms with van der Waals surface area (Å²) in [5.74, 6) is 0.583. The first kappa shape index (κ1) is 12.8. The predicted molar refractivity (Wildman–Crippen MR) is 66.2 cm³/mol. The van der Waals surface area contributed by atoms with Crippen molar-refractivity contribution in [3.05, 3.63) is 0 Å². The van der Waals surface area contributed by atoms with E-state index in [1.54, 1.807) is 0 Å². The van der Waals surface area contributed by atoms with E-state index in [1.165, 1.54) is 0 Å². The van der Waals surface area contributed by atoms with Crippen LogP contribution in [0.25, 0.3) is 0 Å². The van der Waals surface area contributed by atoms with Gasteiger partial charge in [0.15, 0.2) is 0 Å². The minimum Gasteiger partial charge on any atom is -0.392 e. The Morgan fingerprint density at radius 3 is 2.71 bits per heavy atom. The van der Waals surface area contributed by atoms with Gasteiger partial charge in [0.1, 0.15) is 0 Å². The van der Waals surface area contributed by atoms with Crippen LogP contribution in [0.4, 0.5) is 0 Å². The molecule has 4 unspecified atom stereocenters. The summed E-state index contributed by atoms with van der Waals surface area (Å²) in [4.78, 5) is 12.2. The van der Waals surface area contributed by atoms with E-state index in [0.717, 1.165) is 19.3 Å². The summed E-state index contributed by atoms with van der Waals surface area (Å²) >= 11 is 0. The maximum atomic E-state index is 12.2. The topological polar surface area (TPSA) is 75.3 Å². The Morgan fingerprint density at radius 2 is 2.18 bits per heavy atom. The number of amides is 1. The molecule has 0 aromatic heterocycles. The van der Waals surface area contributed by atoms with Gasteiger partial charge in [-0.25, -0.2) is 0 Å². The molecule has 0 saturated heterocycles. The third kappa shape index (κ3) is 2.20. The van der Waals surface area contributed by atoms with Gasteiger partial charge in [0.05, 0.1) is 6.10 Å². The molecule has 4 nitrogen and oxygen atoms in total. The quantitative estimate of drug-likeness (QED) is 0.677. The Kier molecular flexibility index (Phi) is 3.46.